The van der Waals surface area contributed by atoms with Crippen LogP contribution in [0.2, 0.25) is 0 Å². The second kappa shape index (κ2) is 12.1. The third kappa shape index (κ3) is 5.46. The predicted molar refractivity (Wildman–Crippen MR) is 152 cm³/mol. The number of esters is 1. The molecule has 3 aromatic rings. The summed E-state index contributed by atoms with van der Waals surface area (Å²) in [6.07, 6.45) is 1.77. The van der Waals surface area contributed by atoms with E-state index in [4.69, 9.17) is 23.7 Å². The van der Waals surface area contributed by atoms with Crippen LogP contribution in [-0.4, -0.2) is 45.1 Å². The van der Waals surface area contributed by atoms with Gasteiger partial charge in [0.05, 0.1) is 60.9 Å². The van der Waals surface area contributed by atoms with Crippen molar-refractivity contribution in [3.05, 3.63) is 76.9 Å². The molecule has 0 fully saturated rings. The average molecular weight is 618 g/mol. The third-order valence-corrected chi connectivity index (χ3v) is 7.65. The van der Waals surface area contributed by atoms with Crippen LogP contribution in [0.5, 0.6) is 23.0 Å². The lowest BCUT2D eigenvalue weighted by Crippen LogP contribution is -2.40. The number of rotatable bonds is 9. The second-order valence-electron chi connectivity index (χ2n) is 8.38. The van der Waals surface area contributed by atoms with E-state index in [1.54, 1.807) is 58.4 Å². The van der Waals surface area contributed by atoms with Crippen LogP contribution in [0.3, 0.4) is 0 Å². The van der Waals surface area contributed by atoms with E-state index in [1.807, 2.05) is 13.0 Å². The molecule has 0 N–H and O–H groups in total. The van der Waals surface area contributed by atoms with Gasteiger partial charge in [-0.15, -0.1) is 0 Å². The van der Waals surface area contributed by atoms with Gasteiger partial charge in [0.2, 0.25) is 0 Å². The van der Waals surface area contributed by atoms with E-state index in [9.17, 15) is 9.59 Å². The largest absolute Gasteiger partial charge is 0.493 e. The maximum atomic E-state index is 13.9. The third-order valence-electron chi connectivity index (χ3n) is 6.08. The lowest BCUT2D eigenvalue weighted by atomic mass is 9.95. The first-order valence-corrected chi connectivity index (χ1v) is 13.8. The van der Waals surface area contributed by atoms with E-state index >= 15 is 0 Å². The molecule has 0 saturated heterocycles. The normalized spacial score (nSPS) is 14.9. The lowest BCUT2D eigenvalue weighted by molar-refractivity contribution is -0.139. The average Bonchev–Trinajstić information content (AvgIpc) is 3.22. The van der Waals surface area contributed by atoms with Crippen molar-refractivity contribution in [2.75, 3.05) is 34.5 Å². The Morgan fingerprint density at radius 2 is 1.77 bits per heavy atom. The molecule has 9 nitrogen and oxygen atoms in total. The first-order chi connectivity index (χ1) is 18.8. The van der Waals surface area contributed by atoms with Crippen LogP contribution in [0, 0.1) is 0 Å². The predicted octanol–water partition coefficient (Wildman–Crippen LogP) is 3.99. The fourth-order valence-electron chi connectivity index (χ4n) is 4.39. The van der Waals surface area contributed by atoms with E-state index in [0.717, 1.165) is 5.56 Å². The summed E-state index contributed by atoms with van der Waals surface area (Å²) >= 11 is 4.77. The van der Waals surface area contributed by atoms with Gasteiger partial charge in [-0.05, 0) is 78.2 Å². The van der Waals surface area contributed by atoms with Crippen molar-refractivity contribution in [2.45, 2.75) is 26.8 Å². The summed E-state index contributed by atoms with van der Waals surface area (Å²) in [4.78, 5) is 32.1. The summed E-state index contributed by atoms with van der Waals surface area (Å²) < 4.78 is 30.1. The fraction of sp³-hybridized carbons (Fsp3) is 0.321. The number of benzene rings is 2. The molecule has 4 rings (SSSR count). The summed E-state index contributed by atoms with van der Waals surface area (Å²) in [5.74, 6) is 1.59. The quantitative estimate of drug-likeness (QED) is 0.335. The molecule has 1 atom stereocenters. The number of aromatic nitrogens is 1. The van der Waals surface area contributed by atoms with Crippen LogP contribution < -0.4 is 33.8 Å². The molecule has 0 bridgehead atoms. The number of allylic oxidation sites excluding steroid dienone is 1. The molecule has 2 aromatic carbocycles. The van der Waals surface area contributed by atoms with E-state index in [0.29, 0.717) is 54.7 Å². The van der Waals surface area contributed by atoms with Crippen molar-refractivity contribution in [2.24, 2.45) is 4.99 Å². The number of halogens is 1. The molecular weight excluding hydrogens is 588 g/mol. The number of nitrogens with zero attached hydrogens (tertiary/aromatic N) is 2. The van der Waals surface area contributed by atoms with E-state index in [1.165, 1.54) is 23.0 Å². The monoisotopic (exact) mass is 616 g/mol. The minimum atomic E-state index is -0.774. The summed E-state index contributed by atoms with van der Waals surface area (Å²) in [6.45, 7) is 6.03. The van der Waals surface area contributed by atoms with Crippen molar-refractivity contribution < 1.29 is 28.5 Å². The van der Waals surface area contributed by atoms with Gasteiger partial charge in [0.15, 0.2) is 27.8 Å². The maximum Gasteiger partial charge on any atom is 0.338 e. The van der Waals surface area contributed by atoms with Crippen LogP contribution in [0.4, 0.5) is 0 Å². The van der Waals surface area contributed by atoms with Crippen LogP contribution >= 0.6 is 27.3 Å². The summed E-state index contributed by atoms with van der Waals surface area (Å²) in [5.41, 5.74) is 1.86. The number of hydrogen-bond donors (Lipinski definition) is 0. The number of fused-ring (bicyclic) bond motifs is 1. The fourth-order valence-corrected chi connectivity index (χ4v) is 6.01. The number of carbonyl (C=O) groups excluding carboxylic acids is 1. The molecule has 0 aliphatic carbocycles. The van der Waals surface area contributed by atoms with Crippen LogP contribution in [0.25, 0.3) is 6.08 Å². The topological polar surface area (TPSA) is 97.6 Å². The minimum absolute atomic E-state index is 0.188. The van der Waals surface area contributed by atoms with Gasteiger partial charge in [-0.3, -0.25) is 9.36 Å². The zero-order valence-electron chi connectivity index (χ0n) is 22.5. The molecule has 11 heteroatoms. The van der Waals surface area contributed by atoms with Crippen LogP contribution in [-0.2, 0) is 9.53 Å². The number of hydrogen-bond acceptors (Lipinski definition) is 9. The number of methoxy groups -OCH3 is 3. The molecule has 0 radical (unpaired) electrons. The van der Waals surface area contributed by atoms with Gasteiger partial charge in [-0.1, -0.05) is 17.4 Å². The highest BCUT2D eigenvalue weighted by molar-refractivity contribution is 9.10. The molecule has 0 amide bonds. The Morgan fingerprint density at radius 1 is 1.05 bits per heavy atom. The Balaban J connectivity index is 1.95. The molecule has 2 heterocycles. The summed E-state index contributed by atoms with van der Waals surface area (Å²) in [7, 11) is 4.64. The Labute approximate surface area is 238 Å². The molecule has 0 spiro atoms. The standard InChI is InChI=1S/C28H29BrN2O7S/c1-7-37-25-18(29)11-16(12-21(25)36-6)13-22-26(32)31-24(17-9-10-19(34-4)20(14-17)35-5)23(27(33)38-8-2)15(3)30-28(31)39-22/h9-14,24H,7-8H2,1-6H3/b22-13-/t24-/m1/s1. The minimum Gasteiger partial charge on any atom is -0.493 e. The highest BCUT2D eigenvalue weighted by atomic mass is 79.9. The molecular formula is C28H29BrN2O7S. The van der Waals surface area contributed by atoms with E-state index in [2.05, 4.69) is 20.9 Å². The zero-order chi connectivity index (χ0) is 28.3. The summed E-state index contributed by atoms with van der Waals surface area (Å²) in [5, 5.41) is 0. The molecule has 39 heavy (non-hydrogen) atoms. The van der Waals surface area contributed by atoms with E-state index < -0.39 is 12.0 Å². The van der Waals surface area contributed by atoms with Gasteiger partial charge in [0, 0.05) is 0 Å². The first kappa shape index (κ1) is 28.4. The molecule has 0 unspecified atom stereocenters. The number of ether oxygens (including phenoxy) is 5. The van der Waals surface area contributed by atoms with Gasteiger partial charge in [0.1, 0.15) is 0 Å². The van der Waals surface area contributed by atoms with Crippen molar-refractivity contribution in [3.63, 3.8) is 0 Å². The maximum absolute atomic E-state index is 13.9. The van der Waals surface area contributed by atoms with Gasteiger partial charge in [0.25, 0.3) is 5.56 Å². The Hall–Kier alpha value is -3.57. The smallest absolute Gasteiger partial charge is 0.338 e. The second-order valence-corrected chi connectivity index (χ2v) is 10.2. The van der Waals surface area contributed by atoms with Crippen molar-refractivity contribution in [1.82, 2.24) is 4.57 Å². The Morgan fingerprint density at radius 3 is 2.41 bits per heavy atom. The lowest BCUT2D eigenvalue weighted by Gasteiger charge is -2.25. The van der Waals surface area contributed by atoms with Crippen molar-refractivity contribution in [1.29, 1.82) is 0 Å². The molecule has 206 valence electrons. The first-order valence-electron chi connectivity index (χ1n) is 12.2. The SMILES string of the molecule is CCOC(=O)C1=C(C)N=c2s/c(=C\c3cc(Br)c(OCC)c(OC)c3)c(=O)n2[C@@H]1c1ccc(OC)c(OC)c1. The zero-order valence-corrected chi connectivity index (χ0v) is 24.9. The Bertz CT molecular complexity index is 1620. The number of carbonyl (C=O) groups is 1. The van der Waals surface area contributed by atoms with Crippen molar-refractivity contribution in [3.8, 4) is 23.0 Å². The highest BCUT2D eigenvalue weighted by Gasteiger charge is 2.34. The van der Waals surface area contributed by atoms with Gasteiger partial charge in [-0.25, -0.2) is 9.79 Å². The van der Waals surface area contributed by atoms with Gasteiger partial charge < -0.3 is 23.7 Å². The molecule has 0 saturated carbocycles. The van der Waals surface area contributed by atoms with Gasteiger partial charge in [-0.2, -0.15) is 0 Å². The molecule has 1 aliphatic rings. The van der Waals surface area contributed by atoms with Crippen LogP contribution in [0.15, 0.2) is 55.9 Å². The van der Waals surface area contributed by atoms with Crippen LogP contribution in [0.1, 0.15) is 37.9 Å². The number of thiazole rings is 1. The highest BCUT2D eigenvalue weighted by Crippen LogP contribution is 2.38. The van der Waals surface area contributed by atoms with E-state index in [-0.39, 0.29) is 17.7 Å². The Kier molecular flexibility index (Phi) is 8.81. The van der Waals surface area contributed by atoms with Gasteiger partial charge >= 0.3 is 5.97 Å². The molecule has 1 aliphatic heterocycles. The summed E-state index contributed by atoms with van der Waals surface area (Å²) in [6, 6.07) is 8.18. The van der Waals surface area contributed by atoms with Crippen molar-refractivity contribution >= 4 is 39.3 Å². The molecule has 1 aromatic heterocycles.